The highest BCUT2D eigenvalue weighted by Gasteiger charge is 2.38. The second-order valence-corrected chi connectivity index (χ2v) is 11.0. The van der Waals surface area contributed by atoms with Crippen molar-refractivity contribution < 1.29 is 56.8 Å². The van der Waals surface area contributed by atoms with Crippen LogP contribution in [0.2, 0.25) is 0 Å². The van der Waals surface area contributed by atoms with Crippen LogP contribution in [0.4, 0.5) is 18.0 Å². The molecule has 0 saturated heterocycles. The SMILES string of the molecule is O=C(O)C(F)(F)F.O=C(O)CCc1ccc(OCCCOc2ccc(C(=O)c3ccccc3)cc2)cc1COC(=O)NC1CCCCC1. The number of ketones is 1. The zero-order valence-electron chi connectivity index (χ0n) is 26.2. The second kappa shape index (κ2) is 18.9. The van der Waals surface area contributed by atoms with Gasteiger partial charge in [0.2, 0.25) is 0 Å². The van der Waals surface area contributed by atoms with Gasteiger partial charge >= 0.3 is 24.2 Å². The molecule has 0 aliphatic heterocycles. The average molecular weight is 674 g/mol. The molecule has 258 valence electrons. The maximum absolute atomic E-state index is 12.5. The third kappa shape index (κ3) is 13.3. The van der Waals surface area contributed by atoms with Gasteiger partial charge in [-0.3, -0.25) is 9.59 Å². The minimum absolute atomic E-state index is 0.0137. The number of ether oxygens (including phenoxy) is 3. The Morgan fingerprint density at radius 3 is 1.96 bits per heavy atom. The van der Waals surface area contributed by atoms with E-state index in [-0.39, 0.29) is 24.9 Å². The van der Waals surface area contributed by atoms with Crippen molar-refractivity contribution in [1.82, 2.24) is 5.32 Å². The summed E-state index contributed by atoms with van der Waals surface area (Å²) >= 11 is 0. The van der Waals surface area contributed by atoms with E-state index < -0.39 is 24.2 Å². The number of aliphatic carboxylic acids is 2. The van der Waals surface area contributed by atoms with Crippen LogP contribution in [0.5, 0.6) is 11.5 Å². The van der Waals surface area contributed by atoms with Crippen LogP contribution in [0.3, 0.4) is 0 Å². The number of hydrogen-bond acceptors (Lipinski definition) is 7. The highest BCUT2D eigenvalue weighted by molar-refractivity contribution is 6.09. The molecule has 4 rings (SSSR count). The molecule has 0 unspecified atom stereocenters. The lowest BCUT2D eigenvalue weighted by atomic mass is 9.96. The quantitative estimate of drug-likeness (QED) is 0.122. The average Bonchev–Trinajstić information content (AvgIpc) is 3.07. The van der Waals surface area contributed by atoms with Crippen molar-refractivity contribution in [2.45, 2.75) is 70.2 Å². The summed E-state index contributed by atoms with van der Waals surface area (Å²) in [7, 11) is 0. The van der Waals surface area contributed by atoms with E-state index in [1.54, 1.807) is 48.5 Å². The van der Waals surface area contributed by atoms with E-state index in [1.807, 2.05) is 24.3 Å². The summed E-state index contributed by atoms with van der Waals surface area (Å²) in [5.74, 6) is -2.39. The molecule has 1 amide bonds. The van der Waals surface area contributed by atoms with E-state index in [0.29, 0.717) is 48.7 Å². The van der Waals surface area contributed by atoms with Gasteiger partial charge < -0.3 is 29.7 Å². The largest absolute Gasteiger partial charge is 0.493 e. The minimum atomic E-state index is -5.08. The first kappa shape index (κ1) is 37.4. The fourth-order valence-electron chi connectivity index (χ4n) is 4.81. The van der Waals surface area contributed by atoms with Gasteiger partial charge in [-0.15, -0.1) is 0 Å². The number of benzene rings is 3. The number of carboxylic acids is 2. The Hall–Kier alpha value is -5.07. The van der Waals surface area contributed by atoms with Crippen molar-refractivity contribution in [3.05, 3.63) is 95.1 Å². The number of alkyl halides is 3. The summed E-state index contributed by atoms with van der Waals surface area (Å²) in [6.45, 7) is 0.873. The third-order valence-corrected chi connectivity index (χ3v) is 7.29. The van der Waals surface area contributed by atoms with Crippen molar-refractivity contribution in [2.24, 2.45) is 0 Å². The number of aryl methyl sites for hydroxylation is 1. The lowest BCUT2D eigenvalue weighted by molar-refractivity contribution is -0.192. The van der Waals surface area contributed by atoms with E-state index >= 15 is 0 Å². The number of hydrogen-bond donors (Lipinski definition) is 3. The predicted molar refractivity (Wildman–Crippen MR) is 168 cm³/mol. The van der Waals surface area contributed by atoms with Crippen molar-refractivity contribution in [3.63, 3.8) is 0 Å². The molecule has 3 N–H and O–H groups in total. The highest BCUT2D eigenvalue weighted by atomic mass is 19.4. The van der Waals surface area contributed by atoms with Crippen LogP contribution in [0, 0.1) is 0 Å². The van der Waals surface area contributed by atoms with Gasteiger partial charge in [0.1, 0.15) is 18.1 Å². The molecule has 13 heteroatoms. The molecule has 10 nitrogen and oxygen atoms in total. The number of carbonyl (C=O) groups is 4. The van der Waals surface area contributed by atoms with Gasteiger partial charge in [-0.1, -0.05) is 55.7 Å². The lowest BCUT2D eigenvalue weighted by Gasteiger charge is -2.22. The molecular weight excluding hydrogens is 635 g/mol. The fourth-order valence-corrected chi connectivity index (χ4v) is 4.81. The summed E-state index contributed by atoms with van der Waals surface area (Å²) in [6.07, 6.45) is 0.749. The Morgan fingerprint density at radius 1 is 0.771 bits per heavy atom. The first-order valence-electron chi connectivity index (χ1n) is 15.4. The topological polar surface area (TPSA) is 148 Å². The molecule has 0 radical (unpaired) electrons. The van der Waals surface area contributed by atoms with E-state index in [9.17, 15) is 27.6 Å². The Bertz CT molecular complexity index is 1490. The molecule has 1 aliphatic carbocycles. The molecule has 1 aliphatic rings. The van der Waals surface area contributed by atoms with Crippen LogP contribution < -0.4 is 14.8 Å². The number of rotatable bonds is 14. The van der Waals surface area contributed by atoms with Gasteiger partial charge in [0.05, 0.1) is 13.2 Å². The van der Waals surface area contributed by atoms with E-state index in [4.69, 9.17) is 29.2 Å². The van der Waals surface area contributed by atoms with Crippen molar-refractivity contribution in [3.8, 4) is 11.5 Å². The maximum atomic E-state index is 12.5. The third-order valence-electron chi connectivity index (χ3n) is 7.29. The zero-order chi connectivity index (χ0) is 34.9. The molecule has 0 aromatic heterocycles. The highest BCUT2D eigenvalue weighted by Crippen LogP contribution is 2.22. The van der Waals surface area contributed by atoms with Crippen LogP contribution in [0.25, 0.3) is 0 Å². The van der Waals surface area contributed by atoms with E-state index in [2.05, 4.69) is 5.32 Å². The number of carboxylic acid groups (broad SMARTS) is 2. The first-order valence-corrected chi connectivity index (χ1v) is 15.4. The number of amides is 1. The molecule has 3 aromatic carbocycles. The van der Waals surface area contributed by atoms with Crippen LogP contribution in [-0.2, 0) is 27.4 Å². The standard InChI is InChI=1S/C33H37NO7.C2HF3O2/c35-31(36)19-15-24-12-18-30(22-27(24)23-41-33(38)34-28-10-5-2-6-11-28)40-21-7-20-39-29-16-13-26(14-17-29)32(37)25-8-3-1-4-9-25;3-2(4,5)1(6)7/h1,3-4,8-9,12-14,16-18,22,28H,2,5-7,10-11,15,19-21,23H2,(H,34,38)(H,35,36);(H,6,7). The predicted octanol–water partition coefficient (Wildman–Crippen LogP) is 6.97. The zero-order valence-corrected chi connectivity index (χ0v) is 26.2. The van der Waals surface area contributed by atoms with Crippen molar-refractivity contribution >= 4 is 23.8 Å². The van der Waals surface area contributed by atoms with Gasteiger partial charge in [0.25, 0.3) is 0 Å². The lowest BCUT2D eigenvalue weighted by Crippen LogP contribution is -2.36. The number of alkyl carbamates (subject to hydrolysis) is 1. The Balaban J connectivity index is 0.000000804. The smallest absolute Gasteiger partial charge is 0.490 e. The first-order chi connectivity index (χ1) is 22.9. The van der Waals surface area contributed by atoms with Crippen LogP contribution >= 0.6 is 0 Å². The Labute approximate surface area is 275 Å². The van der Waals surface area contributed by atoms with E-state index in [0.717, 1.165) is 36.8 Å². The molecule has 0 atom stereocenters. The molecule has 48 heavy (non-hydrogen) atoms. The van der Waals surface area contributed by atoms with Crippen molar-refractivity contribution in [1.29, 1.82) is 0 Å². The van der Waals surface area contributed by atoms with Crippen molar-refractivity contribution in [2.75, 3.05) is 13.2 Å². The monoisotopic (exact) mass is 673 g/mol. The van der Waals surface area contributed by atoms with E-state index in [1.165, 1.54) is 6.42 Å². The molecule has 3 aromatic rings. The molecular formula is C35H38F3NO9. The van der Waals surface area contributed by atoms with Crippen LogP contribution in [0.15, 0.2) is 72.8 Å². The van der Waals surface area contributed by atoms with Gasteiger partial charge in [0, 0.05) is 30.0 Å². The van der Waals surface area contributed by atoms with Crippen LogP contribution in [0.1, 0.15) is 72.0 Å². The van der Waals surface area contributed by atoms with Gasteiger partial charge in [-0.2, -0.15) is 13.2 Å². The molecule has 1 saturated carbocycles. The normalized spacial score (nSPS) is 13.0. The minimum Gasteiger partial charge on any atom is -0.493 e. The van der Waals surface area contributed by atoms with Gasteiger partial charge in [0.15, 0.2) is 5.78 Å². The summed E-state index contributed by atoms with van der Waals surface area (Å²) in [5.41, 5.74) is 2.78. The summed E-state index contributed by atoms with van der Waals surface area (Å²) < 4.78 is 48.9. The Kier molecular flexibility index (Phi) is 14.7. The molecule has 1 fully saturated rings. The maximum Gasteiger partial charge on any atom is 0.490 e. The molecule has 0 heterocycles. The summed E-state index contributed by atoms with van der Waals surface area (Å²) in [6, 6.07) is 21.8. The fraction of sp³-hybridized carbons (Fsp3) is 0.371. The summed E-state index contributed by atoms with van der Waals surface area (Å²) in [5, 5.41) is 19.2. The number of carbonyl (C=O) groups excluding carboxylic acids is 2. The molecule has 0 bridgehead atoms. The molecule has 0 spiro atoms. The number of halogens is 3. The van der Waals surface area contributed by atoms with Gasteiger partial charge in [-0.25, -0.2) is 9.59 Å². The number of nitrogens with one attached hydrogen (secondary N) is 1. The van der Waals surface area contributed by atoms with Crippen LogP contribution in [-0.4, -0.2) is 59.5 Å². The summed E-state index contributed by atoms with van der Waals surface area (Å²) in [4.78, 5) is 44.9. The van der Waals surface area contributed by atoms with Gasteiger partial charge in [-0.05, 0) is 66.8 Å². The second-order valence-electron chi connectivity index (χ2n) is 11.0. The Morgan fingerprint density at radius 2 is 1.35 bits per heavy atom.